The van der Waals surface area contributed by atoms with Crippen LogP contribution in [0.4, 0.5) is 23.7 Å². The van der Waals surface area contributed by atoms with Gasteiger partial charge in [0, 0.05) is 6.04 Å². The van der Waals surface area contributed by atoms with Gasteiger partial charge in [0.2, 0.25) is 0 Å². The van der Waals surface area contributed by atoms with Crippen molar-refractivity contribution >= 4 is 23.3 Å². The van der Waals surface area contributed by atoms with Gasteiger partial charge in [-0.1, -0.05) is 31.4 Å². The van der Waals surface area contributed by atoms with Crippen LogP contribution in [-0.2, 0) is 6.18 Å². The van der Waals surface area contributed by atoms with E-state index in [2.05, 4.69) is 17.6 Å². The fourth-order valence-corrected chi connectivity index (χ4v) is 2.82. The maximum atomic E-state index is 12.7. The highest BCUT2D eigenvalue weighted by Crippen LogP contribution is 2.33. The topological polar surface area (TPSA) is 41.1 Å². The lowest BCUT2D eigenvalue weighted by Gasteiger charge is -2.29. The average molecular weight is 335 g/mol. The van der Waals surface area contributed by atoms with Gasteiger partial charge in [-0.3, -0.25) is 0 Å². The number of nitrogens with one attached hydrogen (secondary N) is 2. The van der Waals surface area contributed by atoms with Crippen LogP contribution < -0.4 is 10.6 Å². The second-order valence-corrected chi connectivity index (χ2v) is 6.07. The molecule has 0 spiro atoms. The van der Waals surface area contributed by atoms with E-state index in [-0.39, 0.29) is 16.8 Å². The van der Waals surface area contributed by atoms with Gasteiger partial charge in [-0.25, -0.2) is 4.79 Å². The second kappa shape index (κ2) is 6.77. The molecule has 22 heavy (non-hydrogen) atoms. The number of hydrogen-bond donors (Lipinski definition) is 2. The maximum absolute atomic E-state index is 12.7. The minimum Gasteiger partial charge on any atom is -0.335 e. The zero-order chi connectivity index (χ0) is 16.3. The molecule has 2 rings (SSSR count). The quantitative estimate of drug-likeness (QED) is 0.780. The summed E-state index contributed by atoms with van der Waals surface area (Å²) in [5.41, 5.74) is -0.893. The largest absolute Gasteiger partial charge is 0.416 e. The van der Waals surface area contributed by atoms with Gasteiger partial charge in [0.15, 0.2) is 0 Å². The maximum Gasteiger partial charge on any atom is 0.416 e. The van der Waals surface area contributed by atoms with Crippen molar-refractivity contribution in [3.05, 3.63) is 28.8 Å². The van der Waals surface area contributed by atoms with E-state index < -0.39 is 17.8 Å². The molecule has 0 aliphatic heterocycles. The molecular weight excluding hydrogens is 317 g/mol. The predicted octanol–water partition coefficient (Wildman–Crippen LogP) is 5.06. The molecule has 0 aromatic heterocycles. The molecule has 2 atom stereocenters. The number of halogens is 4. The fraction of sp³-hybridized carbons (Fsp3) is 0.533. The highest BCUT2D eigenvalue weighted by atomic mass is 35.5. The first-order valence-corrected chi connectivity index (χ1v) is 7.59. The molecule has 1 aromatic carbocycles. The molecule has 3 nitrogen and oxygen atoms in total. The molecule has 7 heteroatoms. The first kappa shape index (κ1) is 16.9. The number of alkyl halides is 3. The number of anilines is 1. The number of rotatable bonds is 2. The van der Waals surface area contributed by atoms with Crippen molar-refractivity contribution in [2.45, 2.75) is 44.8 Å². The summed E-state index contributed by atoms with van der Waals surface area (Å²) >= 11 is 5.85. The Morgan fingerprint density at radius 2 is 1.95 bits per heavy atom. The summed E-state index contributed by atoms with van der Waals surface area (Å²) in [7, 11) is 0. The highest BCUT2D eigenvalue weighted by molar-refractivity contribution is 6.33. The minimum atomic E-state index is -4.48. The van der Waals surface area contributed by atoms with Crippen LogP contribution in [0.2, 0.25) is 5.02 Å². The molecule has 0 radical (unpaired) electrons. The van der Waals surface area contributed by atoms with Gasteiger partial charge >= 0.3 is 12.2 Å². The van der Waals surface area contributed by atoms with Crippen molar-refractivity contribution in [1.29, 1.82) is 0 Å². The Morgan fingerprint density at radius 3 is 2.59 bits per heavy atom. The summed E-state index contributed by atoms with van der Waals surface area (Å²) in [6.45, 7) is 2.06. The number of amides is 2. The zero-order valence-corrected chi connectivity index (χ0v) is 12.9. The van der Waals surface area contributed by atoms with Crippen molar-refractivity contribution in [3.8, 4) is 0 Å². The van der Waals surface area contributed by atoms with Crippen LogP contribution in [0.3, 0.4) is 0 Å². The Morgan fingerprint density at radius 1 is 1.27 bits per heavy atom. The van der Waals surface area contributed by atoms with Gasteiger partial charge in [0.1, 0.15) is 0 Å². The van der Waals surface area contributed by atoms with E-state index in [1.165, 1.54) is 0 Å². The van der Waals surface area contributed by atoms with Crippen LogP contribution in [0.15, 0.2) is 18.2 Å². The number of urea groups is 1. The summed E-state index contributed by atoms with van der Waals surface area (Å²) in [4.78, 5) is 12.0. The lowest BCUT2D eigenvalue weighted by molar-refractivity contribution is -0.137. The highest BCUT2D eigenvalue weighted by Gasteiger charge is 2.31. The molecule has 2 amide bonds. The van der Waals surface area contributed by atoms with Crippen LogP contribution in [0.5, 0.6) is 0 Å². The van der Waals surface area contributed by atoms with Gasteiger partial charge < -0.3 is 10.6 Å². The number of benzene rings is 1. The summed E-state index contributed by atoms with van der Waals surface area (Å²) in [6.07, 6.45) is -0.379. The Balaban J connectivity index is 2.04. The molecule has 1 aliphatic carbocycles. The molecule has 0 heterocycles. The van der Waals surface area contributed by atoms with Gasteiger partial charge in [-0.05, 0) is 37.0 Å². The van der Waals surface area contributed by atoms with Gasteiger partial charge in [0.25, 0.3) is 0 Å². The van der Waals surface area contributed by atoms with E-state index in [4.69, 9.17) is 11.6 Å². The second-order valence-electron chi connectivity index (χ2n) is 5.66. The summed E-state index contributed by atoms with van der Waals surface area (Å²) in [6, 6.07) is 2.36. The van der Waals surface area contributed by atoms with Crippen molar-refractivity contribution in [1.82, 2.24) is 5.32 Å². The van der Waals surface area contributed by atoms with E-state index in [1.54, 1.807) is 0 Å². The van der Waals surface area contributed by atoms with Crippen LogP contribution >= 0.6 is 11.6 Å². The Kier molecular flexibility index (Phi) is 5.21. The van der Waals surface area contributed by atoms with E-state index >= 15 is 0 Å². The number of carbonyl (C=O) groups is 1. The van der Waals surface area contributed by atoms with Crippen LogP contribution in [-0.4, -0.2) is 12.1 Å². The lowest BCUT2D eigenvalue weighted by atomic mass is 9.86. The standard InChI is InChI=1S/C15H18ClF3N2O/c1-9-4-2-3-5-12(9)20-14(22)21-13-8-10(15(17,18)19)6-7-11(13)16/h6-9,12H,2-5H2,1H3,(H2,20,21,22)/t9-,12+/m0/s1. The third kappa shape index (κ3) is 4.29. The molecule has 1 saturated carbocycles. The van der Waals surface area contributed by atoms with Crippen molar-refractivity contribution < 1.29 is 18.0 Å². The van der Waals surface area contributed by atoms with Crippen LogP contribution in [0, 0.1) is 5.92 Å². The molecular formula is C15H18ClF3N2O. The molecule has 2 N–H and O–H groups in total. The molecule has 0 bridgehead atoms. The molecule has 0 unspecified atom stereocenters. The van der Waals surface area contributed by atoms with Crippen molar-refractivity contribution in [2.24, 2.45) is 5.92 Å². The van der Waals surface area contributed by atoms with Gasteiger partial charge in [-0.2, -0.15) is 13.2 Å². The van der Waals surface area contributed by atoms with Gasteiger partial charge in [0.05, 0.1) is 16.3 Å². The van der Waals surface area contributed by atoms with E-state index in [0.29, 0.717) is 5.92 Å². The molecule has 122 valence electrons. The predicted molar refractivity (Wildman–Crippen MR) is 80.0 cm³/mol. The van der Waals surface area contributed by atoms with E-state index in [0.717, 1.165) is 43.9 Å². The Labute approximate surface area is 132 Å². The number of carbonyl (C=O) groups excluding carboxylic acids is 1. The summed E-state index contributed by atoms with van der Waals surface area (Å²) in [5, 5.41) is 5.29. The third-order valence-corrected chi connectivity index (χ3v) is 4.30. The SMILES string of the molecule is C[C@H]1CCCC[C@H]1NC(=O)Nc1cc(C(F)(F)F)ccc1Cl. The number of hydrogen-bond acceptors (Lipinski definition) is 1. The van der Waals surface area contributed by atoms with Crippen LogP contribution in [0.25, 0.3) is 0 Å². The first-order valence-electron chi connectivity index (χ1n) is 7.21. The minimum absolute atomic E-state index is 0.0401. The first-order chi connectivity index (χ1) is 10.3. The third-order valence-electron chi connectivity index (χ3n) is 3.97. The average Bonchev–Trinajstić information content (AvgIpc) is 2.42. The lowest BCUT2D eigenvalue weighted by Crippen LogP contribution is -2.43. The van der Waals surface area contributed by atoms with E-state index in [1.807, 2.05) is 0 Å². The molecule has 0 saturated heterocycles. The van der Waals surface area contributed by atoms with Crippen LogP contribution in [0.1, 0.15) is 38.2 Å². The normalized spacial score (nSPS) is 22.2. The molecule has 1 aromatic rings. The zero-order valence-electron chi connectivity index (χ0n) is 12.1. The molecule has 1 fully saturated rings. The monoisotopic (exact) mass is 334 g/mol. The summed E-state index contributed by atoms with van der Waals surface area (Å²) < 4.78 is 38.1. The fourth-order valence-electron chi connectivity index (χ4n) is 2.65. The Bertz CT molecular complexity index is 548. The van der Waals surface area contributed by atoms with Gasteiger partial charge in [-0.15, -0.1) is 0 Å². The van der Waals surface area contributed by atoms with Crippen molar-refractivity contribution in [2.75, 3.05) is 5.32 Å². The van der Waals surface area contributed by atoms with E-state index in [9.17, 15) is 18.0 Å². The summed E-state index contributed by atoms with van der Waals surface area (Å²) in [5.74, 6) is 0.358. The Hall–Kier alpha value is -1.43. The van der Waals surface area contributed by atoms with Crippen molar-refractivity contribution in [3.63, 3.8) is 0 Å². The molecule has 1 aliphatic rings. The smallest absolute Gasteiger partial charge is 0.335 e.